The van der Waals surface area contributed by atoms with Gasteiger partial charge in [0.1, 0.15) is 17.7 Å². The molecule has 7 nitrogen and oxygen atoms in total. The minimum atomic E-state index is -0.851. The van der Waals surface area contributed by atoms with Crippen molar-refractivity contribution < 1.29 is 9.59 Å². The van der Waals surface area contributed by atoms with E-state index in [2.05, 4.69) is 25.5 Å². The van der Waals surface area contributed by atoms with Crippen LogP contribution in [0, 0.1) is 6.92 Å². The number of imide groups is 1. The SMILES string of the molecule is Cc1cccc2c(N3CCCC4(C3)NC(=O)NC4=O)ncnc12. The van der Waals surface area contributed by atoms with Gasteiger partial charge in [0, 0.05) is 11.9 Å². The van der Waals surface area contributed by atoms with Crippen LogP contribution in [0.4, 0.5) is 10.6 Å². The predicted octanol–water partition coefficient (Wildman–Crippen LogP) is 1.12. The zero-order valence-corrected chi connectivity index (χ0v) is 12.8. The van der Waals surface area contributed by atoms with E-state index in [0.717, 1.165) is 35.2 Å². The highest BCUT2D eigenvalue weighted by molar-refractivity contribution is 6.07. The second-order valence-electron chi connectivity index (χ2n) is 6.18. The number of nitrogens with zero attached hydrogens (tertiary/aromatic N) is 3. The van der Waals surface area contributed by atoms with Crippen molar-refractivity contribution in [2.24, 2.45) is 0 Å². The molecule has 1 aromatic heterocycles. The summed E-state index contributed by atoms with van der Waals surface area (Å²) in [6.45, 7) is 3.23. The number of benzene rings is 1. The highest BCUT2D eigenvalue weighted by Gasteiger charge is 2.49. The quantitative estimate of drug-likeness (QED) is 0.771. The third kappa shape index (κ3) is 2.11. The second kappa shape index (κ2) is 4.91. The predicted molar refractivity (Wildman–Crippen MR) is 85.1 cm³/mol. The van der Waals surface area contributed by atoms with Crippen LogP contribution in [0.25, 0.3) is 10.9 Å². The fourth-order valence-electron chi connectivity index (χ4n) is 3.53. The van der Waals surface area contributed by atoms with Gasteiger partial charge in [-0.05, 0) is 31.4 Å². The summed E-state index contributed by atoms with van der Waals surface area (Å²) in [6, 6.07) is 5.57. The number of piperidine rings is 1. The van der Waals surface area contributed by atoms with Crippen molar-refractivity contribution in [3.8, 4) is 0 Å². The first-order chi connectivity index (χ1) is 11.1. The summed E-state index contributed by atoms with van der Waals surface area (Å²) in [5.74, 6) is 0.563. The van der Waals surface area contributed by atoms with E-state index in [1.807, 2.05) is 25.1 Å². The molecule has 2 aliphatic rings. The molecule has 0 aliphatic carbocycles. The summed E-state index contributed by atoms with van der Waals surface area (Å²) < 4.78 is 0. The van der Waals surface area contributed by atoms with Crippen molar-refractivity contribution in [3.63, 3.8) is 0 Å². The Hall–Kier alpha value is -2.70. The van der Waals surface area contributed by atoms with Gasteiger partial charge in [0.15, 0.2) is 0 Å². The molecule has 0 bridgehead atoms. The number of hydrogen-bond acceptors (Lipinski definition) is 5. The molecule has 3 amide bonds. The monoisotopic (exact) mass is 311 g/mol. The molecule has 1 unspecified atom stereocenters. The smallest absolute Gasteiger partial charge is 0.322 e. The third-order valence-electron chi connectivity index (χ3n) is 4.65. The number of rotatable bonds is 1. The lowest BCUT2D eigenvalue weighted by molar-refractivity contribution is -0.124. The van der Waals surface area contributed by atoms with Crippen molar-refractivity contribution in [3.05, 3.63) is 30.1 Å². The van der Waals surface area contributed by atoms with Gasteiger partial charge in [-0.25, -0.2) is 14.8 Å². The highest BCUT2D eigenvalue weighted by atomic mass is 16.2. The van der Waals surface area contributed by atoms with Crippen LogP contribution in [0.2, 0.25) is 0 Å². The Kier molecular flexibility index (Phi) is 2.97. The maximum absolute atomic E-state index is 12.2. The lowest BCUT2D eigenvalue weighted by Gasteiger charge is -2.38. The third-order valence-corrected chi connectivity index (χ3v) is 4.65. The largest absolute Gasteiger partial charge is 0.353 e. The number of aromatic nitrogens is 2. The standard InChI is InChI=1S/C16H17N5O2/c1-10-4-2-5-11-12(10)17-9-18-13(11)21-7-3-6-16(8-21)14(22)19-15(23)20-16/h2,4-5,9H,3,6-8H2,1H3,(H2,19,20,22,23). The first-order valence-electron chi connectivity index (χ1n) is 7.68. The van der Waals surface area contributed by atoms with Crippen molar-refractivity contribution in [2.45, 2.75) is 25.3 Å². The van der Waals surface area contributed by atoms with Crippen LogP contribution < -0.4 is 15.5 Å². The van der Waals surface area contributed by atoms with Crippen LogP contribution in [0.3, 0.4) is 0 Å². The maximum Gasteiger partial charge on any atom is 0.322 e. The molecule has 1 atom stereocenters. The Morgan fingerprint density at radius 1 is 1.26 bits per heavy atom. The van der Waals surface area contributed by atoms with Crippen LogP contribution in [0.5, 0.6) is 0 Å². The Morgan fingerprint density at radius 2 is 2.13 bits per heavy atom. The number of amides is 3. The lowest BCUT2D eigenvalue weighted by atomic mass is 9.89. The summed E-state index contributed by atoms with van der Waals surface area (Å²) in [6.07, 6.45) is 3.01. The molecule has 4 rings (SSSR count). The van der Waals surface area contributed by atoms with Gasteiger partial charge in [-0.15, -0.1) is 0 Å². The number of urea groups is 1. The fourth-order valence-corrected chi connectivity index (χ4v) is 3.53. The summed E-state index contributed by atoms with van der Waals surface area (Å²) >= 11 is 0. The van der Waals surface area contributed by atoms with Crippen LogP contribution in [-0.4, -0.2) is 40.5 Å². The number of hydrogen-bond donors (Lipinski definition) is 2. The summed E-state index contributed by atoms with van der Waals surface area (Å²) in [5.41, 5.74) is 1.15. The zero-order chi connectivity index (χ0) is 16.0. The molecule has 2 N–H and O–H groups in total. The molecule has 2 fully saturated rings. The first-order valence-corrected chi connectivity index (χ1v) is 7.68. The molecule has 118 valence electrons. The first kappa shape index (κ1) is 13.9. The Labute approximate surface area is 133 Å². The van der Waals surface area contributed by atoms with E-state index in [4.69, 9.17) is 0 Å². The Morgan fingerprint density at radius 3 is 2.91 bits per heavy atom. The lowest BCUT2D eigenvalue weighted by Crippen LogP contribution is -2.58. The summed E-state index contributed by atoms with van der Waals surface area (Å²) in [7, 11) is 0. The van der Waals surface area contributed by atoms with Gasteiger partial charge in [-0.3, -0.25) is 10.1 Å². The fraction of sp³-hybridized carbons (Fsp3) is 0.375. The normalized spacial score (nSPS) is 24.1. The molecule has 2 aromatic rings. The number of carbonyl (C=O) groups excluding carboxylic acids is 2. The van der Waals surface area contributed by atoms with Crippen LogP contribution in [0.1, 0.15) is 18.4 Å². The van der Waals surface area contributed by atoms with E-state index in [0.29, 0.717) is 13.0 Å². The van der Waals surface area contributed by atoms with E-state index >= 15 is 0 Å². The average Bonchev–Trinajstić information content (AvgIpc) is 2.80. The molecule has 0 saturated carbocycles. The highest BCUT2D eigenvalue weighted by Crippen LogP contribution is 2.31. The minimum Gasteiger partial charge on any atom is -0.353 e. The summed E-state index contributed by atoms with van der Waals surface area (Å²) in [5, 5.41) is 6.11. The van der Waals surface area contributed by atoms with E-state index in [9.17, 15) is 9.59 Å². The number of fused-ring (bicyclic) bond motifs is 1. The van der Waals surface area contributed by atoms with E-state index in [1.54, 1.807) is 6.33 Å². The molecule has 1 spiro atoms. The maximum atomic E-state index is 12.2. The van der Waals surface area contributed by atoms with Gasteiger partial charge in [0.05, 0.1) is 12.1 Å². The molecule has 7 heteroatoms. The number of aryl methyl sites for hydroxylation is 1. The number of para-hydroxylation sites is 1. The van der Waals surface area contributed by atoms with Gasteiger partial charge in [0.2, 0.25) is 0 Å². The van der Waals surface area contributed by atoms with Gasteiger partial charge in [-0.2, -0.15) is 0 Å². The minimum absolute atomic E-state index is 0.248. The molecular weight excluding hydrogens is 294 g/mol. The molecular formula is C16H17N5O2. The van der Waals surface area contributed by atoms with Gasteiger partial charge in [0.25, 0.3) is 5.91 Å². The topological polar surface area (TPSA) is 87.2 Å². The number of carbonyl (C=O) groups is 2. The Bertz CT molecular complexity index is 821. The number of nitrogens with one attached hydrogen (secondary N) is 2. The molecule has 2 aliphatic heterocycles. The second-order valence-corrected chi connectivity index (χ2v) is 6.18. The Balaban J connectivity index is 1.75. The van der Waals surface area contributed by atoms with Crippen molar-refractivity contribution in [2.75, 3.05) is 18.0 Å². The molecule has 2 saturated heterocycles. The molecule has 1 aromatic carbocycles. The van der Waals surface area contributed by atoms with E-state index in [1.165, 1.54) is 0 Å². The van der Waals surface area contributed by atoms with E-state index < -0.39 is 11.6 Å². The molecule has 3 heterocycles. The van der Waals surface area contributed by atoms with Gasteiger partial charge in [-0.1, -0.05) is 12.1 Å². The van der Waals surface area contributed by atoms with Crippen molar-refractivity contribution in [1.29, 1.82) is 0 Å². The van der Waals surface area contributed by atoms with Crippen LogP contribution >= 0.6 is 0 Å². The van der Waals surface area contributed by atoms with E-state index in [-0.39, 0.29) is 5.91 Å². The molecule has 0 radical (unpaired) electrons. The summed E-state index contributed by atoms with van der Waals surface area (Å²) in [4.78, 5) is 34.6. The molecule has 23 heavy (non-hydrogen) atoms. The average molecular weight is 311 g/mol. The van der Waals surface area contributed by atoms with Crippen molar-refractivity contribution >= 4 is 28.7 Å². The zero-order valence-electron chi connectivity index (χ0n) is 12.8. The van der Waals surface area contributed by atoms with Crippen LogP contribution in [0.15, 0.2) is 24.5 Å². The van der Waals surface area contributed by atoms with Gasteiger partial charge >= 0.3 is 6.03 Å². The van der Waals surface area contributed by atoms with Crippen LogP contribution in [-0.2, 0) is 4.79 Å². The number of anilines is 1. The van der Waals surface area contributed by atoms with Crippen molar-refractivity contribution in [1.82, 2.24) is 20.6 Å². The van der Waals surface area contributed by atoms with Gasteiger partial charge < -0.3 is 10.2 Å².